The van der Waals surface area contributed by atoms with Gasteiger partial charge in [-0.1, -0.05) is 42.5 Å². The van der Waals surface area contributed by atoms with E-state index in [0.717, 1.165) is 22.1 Å². The first-order chi connectivity index (χ1) is 13.0. The molecule has 0 saturated carbocycles. The van der Waals surface area contributed by atoms with Crippen LogP contribution in [0.3, 0.4) is 0 Å². The summed E-state index contributed by atoms with van der Waals surface area (Å²) in [6.07, 6.45) is 0.349. The Morgan fingerprint density at radius 1 is 0.963 bits per heavy atom. The van der Waals surface area contributed by atoms with Gasteiger partial charge in [0.2, 0.25) is 5.91 Å². The summed E-state index contributed by atoms with van der Waals surface area (Å²) < 4.78 is 10.7. The van der Waals surface area contributed by atoms with Gasteiger partial charge in [-0.3, -0.25) is 4.79 Å². The molecule has 1 amide bonds. The van der Waals surface area contributed by atoms with Crippen LogP contribution < -0.4 is 14.8 Å². The molecule has 0 fully saturated rings. The van der Waals surface area contributed by atoms with E-state index in [2.05, 4.69) is 29.6 Å². The zero-order chi connectivity index (χ0) is 19.4. The molecule has 1 atom stereocenters. The second-order valence-corrected chi connectivity index (χ2v) is 6.71. The Kier molecular flexibility index (Phi) is 5.65. The average molecular weight is 363 g/mol. The van der Waals surface area contributed by atoms with Crippen LogP contribution in [-0.4, -0.2) is 20.1 Å². The van der Waals surface area contributed by atoms with Crippen LogP contribution in [-0.2, 0) is 11.2 Å². The van der Waals surface area contributed by atoms with Crippen molar-refractivity contribution in [2.75, 3.05) is 14.2 Å². The number of methoxy groups -OCH3 is 2. The largest absolute Gasteiger partial charge is 0.493 e. The normalized spacial score (nSPS) is 11.9. The molecule has 3 rings (SSSR count). The minimum Gasteiger partial charge on any atom is -0.493 e. The fourth-order valence-electron chi connectivity index (χ4n) is 3.37. The highest BCUT2D eigenvalue weighted by atomic mass is 16.5. The number of fused-ring (bicyclic) bond motifs is 1. The molecule has 3 aromatic rings. The van der Waals surface area contributed by atoms with Gasteiger partial charge in [-0.05, 0) is 53.4 Å². The maximum absolute atomic E-state index is 12.6. The zero-order valence-electron chi connectivity index (χ0n) is 16.2. The fraction of sp³-hybridized carbons (Fsp3) is 0.261. The van der Waals surface area contributed by atoms with Gasteiger partial charge in [-0.25, -0.2) is 0 Å². The van der Waals surface area contributed by atoms with Crippen molar-refractivity contribution in [1.82, 2.24) is 5.32 Å². The SMILES string of the molecule is COc1cc(C)c(C(C)NC(=O)Cc2ccc3ccccc3c2)cc1OC. The van der Waals surface area contributed by atoms with E-state index in [1.54, 1.807) is 14.2 Å². The van der Waals surface area contributed by atoms with Crippen molar-refractivity contribution in [3.05, 3.63) is 71.3 Å². The third-order valence-electron chi connectivity index (χ3n) is 4.79. The van der Waals surface area contributed by atoms with Gasteiger partial charge in [-0.15, -0.1) is 0 Å². The lowest BCUT2D eigenvalue weighted by Crippen LogP contribution is -2.28. The average Bonchev–Trinajstić information content (AvgIpc) is 2.67. The Bertz CT molecular complexity index is 965. The quantitative estimate of drug-likeness (QED) is 0.697. The van der Waals surface area contributed by atoms with Gasteiger partial charge in [0.1, 0.15) is 0 Å². The molecule has 0 heterocycles. The number of aryl methyl sites for hydroxylation is 1. The summed E-state index contributed by atoms with van der Waals surface area (Å²) in [7, 11) is 3.23. The van der Waals surface area contributed by atoms with Crippen molar-refractivity contribution >= 4 is 16.7 Å². The van der Waals surface area contributed by atoms with Crippen LogP contribution in [0.4, 0.5) is 0 Å². The summed E-state index contributed by atoms with van der Waals surface area (Å²) in [6.45, 7) is 3.98. The maximum Gasteiger partial charge on any atom is 0.224 e. The molecule has 4 heteroatoms. The van der Waals surface area contributed by atoms with E-state index >= 15 is 0 Å². The van der Waals surface area contributed by atoms with Crippen molar-refractivity contribution in [3.8, 4) is 11.5 Å². The molecule has 0 aliphatic carbocycles. The van der Waals surface area contributed by atoms with Crippen molar-refractivity contribution in [1.29, 1.82) is 0 Å². The summed E-state index contributed by atoms with van der Waals surface area (Å²) in [6, 6.07) is 18.0. The third kappa shape index (κ3) is 4.22. The summed E-state index contributed by atoms with van der Waals surface area (Å²) in [5, 5.41) is 5.41. The predicted octanol–water partition coefficient (Wildman–Crippen LogP) is 4.59. The van der Waals surface area contributed by atoms with E-state index in [1.807, 2.05) is 44.2 Å². The molecule has 4 nitrogen and oxygen atoms in total. The second-order valence-electron chi connectivity index (χ2n) is 6.71. The highest BCUT2D eigenvalue weighted by molar-refractivity contribution is 5.85. The predicted molar refractivity (Wildman–Crippen MR) is 108 cm³/mol. The van der Waals surface area contributed by atoms with Gasteiger partial charge in [0, 0.05) is 0 Å². The van der Waals surface area contributed by atoms with Crippen LogP contribution in [0.1, 0.15) is 29.7 Å². The Hall–Kier alpha value is -3.01. The van der Waals surface area contributed by atoms with Gasteiger partial charge in [0.05, 0.1) is 26.7 Å². The van der Waals surface area contributed by atoms with E-state index in [-0.39, 0.29) is 11.9 Å². The highest BCUT2D eigenvalue weighted by Crippen LogP contribution is 2.32. The molecule has 0 bridgehead atoms. The minimum atomic E-state index is -0.127. The van der Waals surface area contributed by atoms with E-state index in [4.69, 9.17) is 9.47 Å². The first-order valence-electron chi connectivity index (χ1n) is 9.01. The third-order valence-corrected chi connectivity index (χ3v) is 4.79. The molecular weight excluding hydrogens is 338 g/mol. The second kappa shape index (κ2) is 8.12. The van der Waals surface area contributed by atoms with Crippen LogP contribution in [0.5, 0.6) is 11.5 Å². The monoisotopic (exact) mass is 363 g/mol. The zero-order valence-corrected chi connectivity index (χ0v) is 16.2. The first-order valence-corrected chi connectivity index (χ1v) is 9.01. The molecule has 0 radical (unpaired) electrons. The van der Waals surface area contributed by atoms with Gasteiger partial charge in [0.15, 0.2) is 11.5 Å². The summed E-state index contributed by atoms with van der Waals surface area (Å²) >= 11 is 0. The van der Waals surface area contributed by atoms with Crippen molar-refractivity contribution in [2.24, 2.45) is 0 Å². The van der Waals surface area contributed by atoms with Crippen molar-refractivity contribution in [3.63, 3.8) is 0 Å². The summed E-state index contributed by atoms with van der Waals surface area (Å²) in [4.78, 5) is 12.6. The molecule has 1 unspecified atom stereocenters. The Morgan fingerprint density at radius 2 is 1.63 bits per heavy atom. The van der Waals surface area contributed by atoms with Gasteiger partial charge < -0.3 is 14.8 Å². The lowest BCUT2D eigenvalue weighted by molar-refractivity contribution is -0.121. The van der Waals surface area contributed by atoms with Crippen molar-refractivity contribution < 1.29 is 14.3 Å². The Balaban J connectivity index is 1.73. The lowest BCUT2D eigenvalue weighted by Gasteiger charge is -2.19. The number of carbonyl (C=O) groups is 1. The maximum atomic E-state index is 12.6. The van der Waals surface area contributed by atoms with E-state index < -0.39 is 0 Å². The van der Waals surface area contributed by atoms with Crippen LogP contribution >= 0.6 is 0 Å². The van der Waals surface area contributed by atoms with Crippen LogP contribution in [0, 0.1) is 6.92 Å². The smallest absolute Gasteiger partial charge is 0.224 e. The molecule has 0 aliphatic rings. The molecule has 0 aromatic heterocycles. The molecule has 140 valence electrons. The Labute approximate surface area is 160 Å². The number of nitrogens with one attached hydrogen (secondary N) is 1. The van der Waals surface area contributed by atoms with Gasteiger partial charge in [0.25, 0.3) is 0 Å². The molecule has 1 N–H and O–H groups in total. The topological polar surface area (TPSA) is 47.6 Å². The van der Waals surface area contributed by atoms with Crippen LogP contribution in [0.2, 0.25) is 0 Å². The van der Waals surface area contributed by atoms with Crippen LogP contribution in [0.25, 0.3) is 10.8 Å². The molecule has 0 saturated heterocycles. The summed E-state index contributed by atoms with van der Waals surface area (Å²) in [5.41, 5.74) is 3.06. The van der Waals surface area contributed by atoms with Gasteiger partial charge in [-0.2, -0.15) is 0 Å². The number of hydrogen-bond donors (Lipinski definition) is 1. The van der Waals surface area contributed by atoms with E-state index in [1.165, 1.54) is 5.39 Å². The standard InChI is InChI=1S/C23H25NO3/c1-15-11-21(26-3)22(27-4)14-20(15)16(2)24-23(25)13-17-9-10-18-7-5-6-8-19(18)12-17/h5-12,14,16H,13H2,1-4H3,(H,24,25). The lowest BCUT2D eigenvalue weighted by atomic mass is 10.0. The number of ether oxygens (including phenoxy) is 2. The number of hydrogen-bond acceptors (Lipinski definition) is 3. The van der Waals surface area contributed by atoms with E-state index in [0.29, 0.717) is 17.9 Å². The molecule has 0 aliphatic heterocycles. The number of benzene rings is 3. The van der Waals surface area contributed by atoms with Crippen molar-refractivity contribution in [2.45, 2.75) is 26.3 Å². The minimum absolute atomic E-state index is 0.00744. The summed E-state index contributed by atoms with van der Waals surface area (Å²) in [5.74, 6) is 1.34. The fourth-order valence-corrected chi connectivity index (χ4v) is 3.37. The molecular formula is C23H25NO3. The van der Waals surface area contributed by atoms with E-state index in [9.17, 15) is 4.79 Å². The van der Waals surface area contributed by atoms with Gasteiger partial charge >= 0.3 is 0 Å². The Morgan fingerprint density at radius 3 is 2.33 bits per heavy atom. The molecule has 27 heavy (non-hydrogen) atoms. The molecule has 0 spiro atoms. The number of amides is 1. The molecule has 3 aromatic carbocycles. The highest BCUT2D eigenvalue weighted by Gasteiger charge is 2.16. The first kappa shape index (κ1) is 18.8. The number of rotatable bonds is 6. The number of carbonyl (C=O) groups excluding carboxylic acids is 1. The van der Waals surface area contributed by atoms with Crippen LogP contribution in [0.15, 0.2) is 54.6 Å².